The van der Waals surface area contributed by atoms with Gasteiger partial charge in [-0.1, -0.05) is 318 Å². The van der Waals surface area contributed by atoms with Crippen molar-refractivity contribution >= 4 is 17.9 Å². The molecular formula is C74H130O6. The Morgan fingerprint density at radius 3 is 0.787 bits per heavy atom. The van der Waals surface area contributed by atoms with Crippen LogP contribution in [-0.4, -0.2) is 37.2 Å². The van der Waals surface area contributed by atoms with Gasteiger partial charge in [0.05, 0.1) is 0 Å². The molecule has 0 fully saturated rings. The lowest BCUT2D eigenvalue weighted by Gasteiger charge is -2.18. The van der Waals surface area contributed by atoms with Crippen molar-refractivity contribution in [3.05, 3.63) is 85.1 Å². The fourth-order valence-corrected chi connectivity index (χ4v) is 9.97. The van der Waals surface area contributed by atoms with E-state index in [1.165, 1.54) is 180 Å². The molecule has 0 rings (SSSR count). The van der Waals surface area contributed by atoms with Gasteiger partial charge in [0.25, 0.3) is 0 Å². The first kappa shape index (κ1) is 76.6. The Balaban J connectivity index is 4.33. The van der Waals surface area contributed by atoms with Gasteiger partial charge in [0.15, 0.2) is 6.10 Å². The van der Waals surface area contributed by atoms with Crippen molar-refractivity contribution in [3.63, 3.8) is 0 Å². The first-order valence-electron chi connectivity index (χ1n) is 34.6. The average molecular weight is 1120 g/mol. The predicted octanol–water partition coefficient (Wildman–Crippen LogP) is 23.8. The van der Waals surface area contributed by atoms with Crippen molar-refractivity contribution in [1.29, 1.82) is 0 Å². The Labute approximate surface area is 496 Å². The van der Waals surface area contributed by atoms with Crippen LogP contribution in [0.25, 0.3) is 0 Å². The molecule has 462 valence electrons. The number of esters is 3. The average Bonchev–Trinajstić information content (AvgIpc) is 3.46. The summed E-state index contributed by atoms with van der Waals surface area (Å²) in [7, 11) is 0. The highest BCUT2D eigenvalue weighted by Crippen LogP contribution is 2.18. The largest absolute Gasteiger partial charge is 0.462 e. The van der Waals surface area contributed by atoms with Crippen molar-refractivity contribution < 1.29 is 28.6 Å². The summed E-state index contributed by atoms with van der Waals surface area (Å²) >= 11 is 0. The minimum atomic E-state index is -0.794. The lowest BCUT2D eigenvalue weighted by Crippen LogP contribution is -2.30. The van der Waals surface area contributed by atoms with Gasteiger partial charge in [-0.05, 0) is 96.3 Å². The van der Waals surface area contributed by atoms with Gasteiger partial charge in [0, 0.05) is 19.3 Å². The SMILES string of the molecule is CC/C=C\C/C=C\C/C=C\C/C=C\C/C=C\CCCCCCCC(=O)OC(COC(=O)CCCCCCC/C=C\C/C=C\CCCCC)COC(=O)CCCCCCCCCCCCCCCCCCCCCCCCCCCC. The molecule has 0 heterocycles. The van der Waals surface area contributed by atoms with Gasteiger partial charge < -0.3 is 14.2 Å². The lowest BCUT2D eigenvalue weighted by atomic mass is 10.0. The Hall–Kier alpha value is -3.41. The Bertz CT molecular complexity index is 1520. The fourth-order valence-electron chi connectivity index (χ4n) is 9.97. The first-order valence-corrected chi connectivity index (χ1v) is 34.6. The summed E-state index contributed by atoms with van der Waals surface area (Å²) in [5.41, 5.74) is 0. The summed E-state index contributed by atoms with van der Waals surface area (Å²) in [6.07, 6.45) is 90.3. The van der Waals surface area contributed by atoms with Crippen LogP contribution >= 0.6 is 0 Å². The highest BCUT2D eigenvalue weighted by atomic mass is 16.6. The van der Waals surface area contributed by atoms with Gasteiger partial charge in [-0.2, -0.15) is 0 Å². The zero-order valence-electron chi connectivity index (χ0n) is 53.1. The zero-order chi connectivity index (χ0) is 57.8. The molecule has 80 heavy (non-hydrogen) atoms. The number of carbonyl (C=O) groups is 3. The third-order valence-corrected chi connectivity index (χ3v) is 15.1. The van der Waals surface area contributed by atoms with Gasteiger partial charge in [-0.15, -0.1) is 0 Å². The molecule has 1 unspecified atom stereocenters. The molecule has 0 aromatic carbocycles. The van der Waals surface area contributed by atoms with Crippen LogP contribution in [0.1, 0.15) is 348 Å². The molecule has 0 N–H and O–H groups in total. The second-order valence-electron chi connectivity index (χ2n) is 23.1. The molecule has 0 aliphatic rings. The van der Waals surface area contributed by atoms with Crippen LogP contribution in [0, 0.1) is 0 Å². The van der Waals surface area contributed by atoms with Gasteiger partial charge >= 0.3 is 17.9 Å². The van der Waals surface area contributed by atoms with E-state index in [-0.39, 0.29) is 31.1 Å². The minimum Gasteiger partial charge on any atom is -0.462 e. The van der Waals surface area contributed by atoms with Gasteiger partial charge in [-0.3, -0.25) is 14.4 Å². The van der Waals surface area contributed by atoms with Crippen molar-refractivity contribution in [2.45, 2.75) is 354 Å². The molecule has 1 atom stereocenters. The summed E-state index contributed by atoms with van der Waals surface area (Å²) in [5, 5.41) is 0. The van der Waals surface area contributed by atoms with Crippen LogP contribution in [-0.2, 0) is 28.6 Å². The highest BCUT2D eigenvalue weighted by molar-refractivity contribution is 5.71. The molecule has 0 aromatic heterocycles. The monoisotopic (exact) mass is 1110 g/mol. The number of hydrogen-bond donors (Lipinski definition) is 0. The molecular weight excluding hydrogens is 985 g/mol. The predicted molar refractivity (Wildman–Crippen MR) is 348 cm³/mol. The summed E-state index contributed by atoms with van der Waals surface area (Å²) in [4.78, 5) is 38.4. The van der Waals surface area contributed by atoms with Crippen molar-refractivity contribution in [1.82, 2.24) is 0 Å². The van der Waals surface area contributed by atoms with E-state index in [0.29, 0.717) is 19.3 Å². The zero-order valence-corrected chi connectivity index (χ0v) is 53.1. The summed E-state index contributed by atoms with van der Waals surface area (Å²) in [6, 6.07) is 0. The molecule has 0 spiro atoms. The normalized spacial score (nSPS) is 12.6. The van der Waals surface area contributed by atoms with Crippen molar-refractivity contribution in [2.24, 2.45) is 0 Å². The second-order valence-corrected chi connectivity index (χ2v) is 23.1. The minimum absolute atomic E-state index is 0.0865. The Morgan fingerprint density at radius 2 is 0.487 bits per heavy atom. The fraction of sp³-hybridized carbons (Fsp3) is 0.770. The number of hydrogen-bond acceptors (Lipinski definition) is 6. The van der Waals surface area contributed by atoms with Crippen molar-refractivity contribution in [3.8, 4) is 0 Å². The van der Waals surface area contributed by atoms with Crippen LogP contribution < -0.4 is 0 Å². The summed E-state index contributed by atoms with van der Waals surface area (Å²) in [5.74, 6) is -0.903. The van der Waals surface area contributed by atoms with Crippen LogP contribution in [0.15, 0.2) is 85.1 Å². The lowest BCUT2D eigenvalue weighted by molar-refractivity contribution is -0.167. The van der Waals surface area contributed by atoms with Crippen LogP contribution in [0.2, 0.25) is 0 Å². The van der Waals surface area contributed by atoms with E-state index in [0.717, 1.165) is 128 Å². The van der Waals surface area contributed by atoms with Crippen molar-refractivity contribution in [2.75, 3.05) is 13.2 Å². The molecule has 0 aromatic rings. The molecule has 0 aliphatic heterocycles. The van der Waals surface area contributed by atoms with E-state index in [1.54, 1.807) is 0 Å². The van der Waals surface area contributed by atoms with Gasteiger partial charge in [-0.25, -0.2) is 0 Å². The highest BCUT2D eigenvalue weighted by Gasteiger charge is 2.19. The Morgan fingerprint density at radius 1 is 0.263 bits per heavy atom. The first-order chi connectivity index (χ1) is 39.5. The topological polar surface area (TPSA) is 78.9 Å². The van der Waals surface area contributed by atoms with E-state index in [1.807, 2.05) is 0 Å². The van der Waals surface area contributed by atoms with E-state index in [9.17, 15) is 14.4 Å². The molecule has 0 bridgehead atoms. The van der Waals surface area contributed by atoms with Crippen LogP contribution in [0.3, 0.4) is 0 Å². The Kier molecular flexibility index (Phi) is 65.2. The van der Waals surface area contributed by atoms with E-state index >= 15 is 0 Å². The molecule has 0 amide bonds. The quantitative estimate of drug-likeness (QED) is 0.0261. The molecule has 6 nitrogen and oxygen atoms in total. The third-order valence-electron chi connectivity index (χ3n) is 15.1. The van der Waals surface area contributed by atoms with Gasteiger partial charge in [0.2, 0.25) is 0 Å². The maximum Gasteiger partial charge on any atom is 0.306 e. The third kappa shape index (κ3) is 65.4. The molecule has 0 saturated carbocycles. The van der Waals surface area contributed by atoms with Crippen LogP contribution in [0.5, 0.6) is 0 Å². The molecule has 0 radical (unpaired) electrons. The summed E-state index contributed by atoms with van der Waals surface area (Å²) in [6.45, 7) is 6.52. The molecule has 0 aliphatic carbocycles. The summed E-state index contributed by atoms with van der Waals surface area (Å²) < 4.78 is 17.0. The van der Waals surface area contributed by atoms with E-state index < -0.39 is 6.10 Å². The molecule has 0 saturated heterocycles. The number of rotatable bonds is 63. The van der Waals surface area contributed by atoms with E-state index in [4.69, 9.17) is 14.2 Å². The maximum atomic E-state index is 12.9. The number of unbranched alkanes of at least 4 members (excludes halogenated alkanes) is 38. The number of allylic oxidation sites excluding steroid dienone is 14. The van der Waals surface area contributed by atoms with Crippen LogP contribution in [0.4, 0.5) is 0 Å². The second kappa shape index (κ2) is 68.1. The molecule has 6 heteroatoms. The van der Waals surface area contributed by atoms with E-state index in [2.05, 4.69) is 106 Å². The standard InChI is InChI=1S/C74H130O6/c1-4-7-10-13-16-19-22-25-28-30-32-34-35-36-37-38-40-41-43-46-49-52-55-58-61-64-67-73(76)79-70-71(69-78-72(75)66-63-60-57-54-51-48-45-27-24-21-18-15-12-9-6-3)80-74(77)68-65-62-59-56-53-50-47-44-42-39-33-31-29-26-23-20-17-14-11-8-5-2/h8,11,17-18,20-21,26-27,29,33,39,44-45,47,71H,4-7,9-10,12-16,19,22-25,28,30-32,34-38,40-43,46,48-70H2,1-3H3/b11-8-,20-17-,21-18-,29-26-,39-33-,45-27-,47-44-. The number of ether oxygens (including phenoxy) is 3. The van der Waals surface area contributed by atoms with Gasteiger partial charge in [0.1, 0.15) is 13.2 Å². The maximum absolute atomic E-state index is 12.9. The number of carbonyl (C=O) groups excluding carboxylic acids is 3. The smallest absolute Gasteiger partial charge is 0.306 e.